The lowest BCUT2D eigenvalue weighted by Gasteiger charge is -2.34. The van der Waals surface area contributed by atoms with E-state index in [1.807, 2.05) is 0 Å². The van der Waals surface area contributed by atoms with Gasteiger partial charge in [0.2, 0.25) is 0 Å². The third-order valence-corrected chi connectivity index (χ3v) is 2.63. The Bertz CT molecular complexity index is 108. The highest BCUT2D eigenvalue weighted by Gasteiger charge is 2.36. The maximum Gasteiger partial charge on any atom is 0.0942 e. The van der Waals surface area contributed by atoms with Gasteiger partial charge in [0.15, 0.2) is 0 Å². The van der Waals surface area contributed by atoms with E-state index in [2.05, 4.69) is 39.2 Å². The molecule has 0 aromatic heterocycles. The van der Waals surface area contributed by atoms with Crippen LogP contribution >= 0.6 is 0 Å². The molecule has 78 valence electrons. The van der Waals surface area contributed by atoms with Crippen LogP contribution in [-0.2, 0) is 0 Å². The summed E-state index contributed by atoms with van der Waals surface area (Å²) in [5.41, 5.74) is 8.46. The van der Waals surface area contributed by atoms with E-state index in [-0.39, 0.29) is 53.5 Å². The van der Waals surface area contributed by atoms with Crippen LogP contribution in [0.4, 0.5) is 0 Å². The summed E-state index contributed by atoms with van der Waals surface area (Å²) >= 11 is 0. The summed E-state index contributed by atoms with van der Waals surface area (Å²) in [4.78, 5) is 0. The van der Waals surface area contributed by atoms with Crippen LogP contribution in [0.2, 0.25) is 0 Å². The van der Waals surface area contributed by atoms with Gasteiger partial charge in [0.1, 0.15) is 0 Å². The average molecular weight is 400 g/mol. The van der Waals surface area contributed by atoms with Crippen LogP contribution in [0.3, 0.4) is 0 Å². The van der Waals surface area contributed by atoms with Crippen molar-refractivity contribution in [1.82, 2.24) is 0 Å². The van der Waals surface area contributed by atoms with Gasteiger partial charge in [-0.2, -0.15) is 0 Å². The number of quaternary nitrogens is 2. The first-order chi connectivity index (χ1) is 4.31. The molecule has 0 unspecified atom stereocenters. The molecule has 0 aliphatic heterocycles. The molecule has 0 aromatic rings. The fraction of sp³-hybridized carbons (Fsp3) is 1.00. The lowest BCUT2D eigenvalue weighted by Crippen LogP contribution is -3.00. The number of hydrogen-bond acceptors (Lipinski definition) is 0. The molecule has 0 aromatic carbocycles. The van der Waals surface area contributed by atoms with Gasteiger partial charge in [-0.1, -0.05) is 13.8 Å². The molecule has 4 heteroatoms. The molecule has 0 rings (SSSR count). The summed E-state index contributed by atoms with van der Waals surface area (Å²) in [6.45, 7) is 9.88. The van der Waals surface area contributed by atoms with E-state index in [4.69, 9.17) is 0 Å². The summed E-state index contributed by atoms with van der Waals surface area (Å²) in [6.07, 6.45) is 1.16. The second kappa shape index (κ2) is 6.78. The molecule has 0 atom stereocenters. The molecular weight excluding hydrogens is 378 g/mol. The Hall–Kier alpha value is 1.38. The van der Waals surface area contributed by atoms with E-state index in [0.717, 1.165) is 13.0 Å². The lowest BCUT2D eigenvalue weighted by molar-refractivity contribution is -0.497. The van der Waals surface area contributed by atoms with Crippen molar-refractivity contribution in [1.29, 1.82) is 0 Å². The van der Waals surface area contributed by atoms with Crippen LogP contribution < -0.4 is 59.4 Å². The molecule has 0 saturated carbocycles. The maximum atomic E-state index is 4.13. The molecule has 0 saturated heterocycles. The molecule has 0 spiro atoms. The number of rotatable bonds is 3. The van der Waals surface area contributed by atoms with Gasteiger partial charge in [0.05, 0.1) is 12.1 Å². The van der Waals surface area contributed by atoms with E-state index < -0.39 is 0 Å². The molecule has 0 radical (unpaired) electrons. The van der Waals surface area contributed by atoms with Crippen molar-refractivity contribution >= 4 is 0 Å². The molecule has 0 aliphatic carbocycles. The molecule has 0 bridgehead atoms. The molecule has 0 amide bonds. The molecule has 0 heterocycles. The molecule has 6 N–H and O–H groups in total. The molecule has 0 fully saturated rings. The Morgan fingerprint density at radius 1 is 1.00 bits per heavy atom. The van der Waals surface area contributed by atoms with E-state index in [9.17, 15) is 0 Å². The Balaban J connectivity index is -0.000000405. The van der Waals surface area contributed by atoms with Crippen molar-refractivity contribution in [3.8, 4) is 0 Å². The van der Waals surface area contributed by atoms with Crippen molar-refractivity contribution in [3.63, 3.8) is 0 Å². The summed E-state index contributed by atoms with van der Waals surface area (Å²) in [6, 6.07) is 0. The Labute approximate surface area is 110 Å². The minimum atomic E-state index is 0. The zero-order valence-corrected chi connectivity index (χ0v) is 12.9. The predicted octanol–water partition coefficient (Wildman–Crippen LogP) is -6.33. The van der Waals surface area contributed by atoms with Crippen LogP contribution in [-0.4, -0.2) is 12.1 Å². The number of halogens is 2. The van der Waals surface area contributed by atoms with Gasteiger partial charge in [-0.3, -0.25) is 0 Å². The fourth-order valence-corrected chi connectivity index (χ4v) is 0.780. The zero-order valence-electron chi connectivity index (χ0n) is 8.58. The summed E-state index contributed by atoms with van der Waals surface area (Å²) < 4.78 is 0. The first kappa shape index (κ1) is 19.0. The van der Waals surface area contributed by atoms with Crippen molar-refractivity contribution in [2.45, 2.75) is 39.7 Å². The highest BCUT2D eigenvalue weighted by atomic mass is 127. The first-order valence-corrected chi connectivity index (χ1v) is 3.96. The fourth-order valence-electron chi connectivity index (χ4n) is 0.780. The van der Waals surface area contributed by atoms with Gasteiger partial charge in [-0.25, -0.2) is 0 Å². The summed E-state index contributed by atoms with van der Waals surface area (Å²) in [7, 11) is 0. The standard InChI is InChI=1S/C8H20N2.2HI/c1-7(2,5-6-9)8(3,4)10;;/h5-6,9-10H2,1-4H3;2*1H. The van der Waals surface area contributed by atoms with Crippen LogP contribution in [0.1, 0.15) is 34.1 Å². The van der Waals surface area contributed by atoms with E-state index in [0.29, 0.717) is 5.41 Å². The van der Waals surface area contributed by atoms with Gasteiger partial charge in [0.25, 0.3) is 0 Å². The quantitative estimate of drug-likeness (QED) is 0.444. The Kier molecular flexibility index (Phi) is 10.8. The van der Waals surface area contributed by atoms with Crippen molar-refractivity contribution in [2.24, 2.45) is 5.41 Å². The molecule has 0 aliphatic rings. The SMILES string of the molecule is CC(C)([NH3+])C(C)(C)CC[NH3+].[I-].[I-]. The minimum Gasteiger partial charge on any atom is -1.00 e. The topological polar surface area (TPSA) is 55.3 Å². The van der Waals surface area contributed by atoms with Crippen LogP contribution in [0.15, 0.2) is 0 Å². The summed E-state index contributed by atoms with van der Waals surface area (Å²) in [5.74, 6) is 0. The minimum absolute atomic E-state index is 0. The maximum absolute atomic E-state index is 4.13. The van der Waals surface area contributed by atoms with Crippen LogP contribution in [0.25, 0.3) is 0 Å². The second-order valence-corrected chi connectivity index (χ2v) is 4.37. The van der Waals surface area contributed by atoms with Gasteiger partial charge in [-0.15, -0.1) is 0 Å². The first-order valence-electron chi connectivity index (χ1n) is 3.96. The molecular formula is C8H22I2N2. The average Bonchev–Trinajstić information content (AvgIpc) is 1.61. The lowest BCUT2D eigenvalue weighted by atomic mass is 9.73. The largest absolute Gasteiger partial charge is 1.00 e. The second-order valence-electron chi connectivity index (χ2n) is 4.37. The van der Waals surface area contributed by atoms with Crippen molar-refractivity contribution in [3.05, 3.63) is 0 Å². The molecule has 12 heavy (non-hydrogen) atoms. The number of hydrogen-bond donors (Lipinski definition) is 2. The summed E-state index contributed by atoms with van der Waals surface area (Å²) in [5, 5.41) is 0. The highest BCUT2D eigenvalue weighted by Crippen LogP contribution is 2.29. The van der Waals surface area contributed by atoms with Gasteiger partial charge < -0.3 is 59.4 Å². The van der Waals surface area contributed by atoms with Gasteiger partial charge in [0, 0.05) is 11.8 Å². The predicted molar refractivity (Wildman–Crippen MR) is 43.1 cm³/mol. The zero-order chi connectivity index (χ0) is 8.41. The Morgan fingerprint density at radius 3 is 1.42 bits per heavy atom. The van der Waals surface area contributed by atoms with Crippen LogP contribution in [0.5, 0.6) is 0 Å². The Morgan fingerprint density at radius 2 is 1.33 bits per heavy atom. The molecule has 2 nitrogen and oxygen atoms in total. The van der Waals surface area contributed by atoms with E-state index >= 15 is 0 Å². The third-order valence-electron chi connectivity index (χ3n) is 2.63. The van der Waals surface area contributed by atoms with Crippen LogP contribution in [0, 0.1) is 5.41 Å². The van der Waals surface area contributed by atoms with E-state index in [1.165, 1.54) is 0 Å². The van der Waals surface area contributed by atoms with E-state index in [1.54, 1.807) is 0 Å². The van der Waals surface area contributed by atoms with Gasteiger partial charge in [-0.05, 0) is 13.8 Å². The monoisotopic (exact) mass is 400 g/mol. The van der Waals surface area contributed by atoms with Gasteiger partial charge >= 0.3 is 0 Å². The third kappa shape index (κ3) is 5.93. The normalized spacial score (nSPS) is 11.5. The highest BCUT2D eigenvalue weighted by molar-refractivity contribution is 4.83. The smallest absolute Gasteiger partial charge is 0.0942 e. The van der Waals surface area contributed by atoms with Crippen molar-refractivity contribution < 1.29 is 59.4 Å². The van der Waals surface area contributed by atoms with Crippen molar-refractivity contribution in [2.75, 3.05) is 6.54 Å².